The molecule has 2 heterocycles. The second-order valence-electron chi connectivity index (χ2n) is 7.53. The number of carbonyl (C=O) groups excluding carboxylic acids is 1. The van der Waals surface area contributed by atoms with Crippen molar-refractivity contribution < 1.29 is 9.21 Å². The first-order valence-corrected chi connectivity index (χ1v) is 9.11. The van der Waals surface area contributed by atoms with Gasteiger partial charge in [0.25, 0.3) is 0 Å². The van der Waals surface area contributed by atoms with Gasteiger partial charge in [0.05, 0.1) is 6.04 Å². The van der Waals surface area contributed by atoms with E-state index < -0.39 is 0 Å². The zero-order chi connectivity index (χ0) is 17.6. The van der Waals surface area contributed by atoms with Crippen LogP contribution in [0.1, 0.15) is 43.2 Å². The topological polar surface area (TPSA) is 76.5 Å². The van der Waals surface area contributed by atoms with Crippen LogP contribution in [0.3, 0.4) is 0 Å². The smallest absolute Gasteiger partial charge is 0.336 e. The molecule has 1 amide bonds. The Balaban J connectivity index is 1.74. The average molecular weight is 340 g/mol. The molecule has 25 heavy (non-hydrogen) atoms. The van der Waals surface area contributed by atoms with Crippen molar-refractivity contribution in [1.82, 2.24) is 4.90 Å². The van der Waals surface area contributed by atoms with Gasteiger partial charge in [0.1, 0.15) is 5.58 Å². The van der Waals surface area contributed by atoms with E-state index in [0.717, 1.165) is 29.4 Å². The lowest BCUT2D eigenvalue weighted by molar-refractivity contribution is -0.122. The van der Waals surface area contributed by atoms with E-state index in [0.29, 0.717) is 24.1 Å². The number of nitrogens with zero attached hydrogens (tertiary/aromatic N) is 1. The van der Waals surface area contributed by atoms with Gasteiger partial charge in [-0.3, -0.25) is 9.69 Å². The molecule has 1 aromatic heterocycles. The summed E-state index contributed by atoms with van der Waals surface area (Å²) in [6, 6.07) is 7.62. The Kier molecular flexibility index (Phi) is 4.12. The zero-order valence-corrected chi connectivity index (χ0v) is 14.5. The molecule has 2 aromatic rings. The van der Waals surface area contributed by atoms with Crippen LogP contribution in [0.5, 0.6) is 0 Å². The monoisotopic (exact) mass is 340 g/mol. The fourth-order valence-corrected chi connectivity index (χ4v) is 4.72. The molecule has 2 N–H and O–H groups in total. The number of likely N-dealkylation sites (tertiary alicyclic amines) is 1. The SMILES string of the molecule is Cc1ccc2c(CN3[C@@H]4CCCC[C@@H]4C[C@H]3C(N)=O)cc(=O)oc2c1. The summed E-state index contributed by atoms with van der Waals surface area (Å²) in [6.07, 6.45) is 5.55. The Labute approximate surface area is 146 Å². The number of rotatable bonds is 3. The van der Waals surface area contributed by atoms with Crippen LogP contribution >= 0.6 is 0 Å². The highest BCUT2D eigenvalue weighted by molar-refractivity contribution is 5.82. The van der Waals surface area contributed by atoms with Gasteiger partial charge in [-0.15, -0.1) is 0 Å². The van der Waals surface area contributed by atoms with Crippen molar-refractivity contribution in [3.05, 3.63) is 45.8 Å². The van der Waals surface area contributed by atoms with Gasteiger partial charge in [-0.05, 0) is 49.3 Å². The van der Waals surface area contributed by atoms with E-state index >= 15 is 0 Å². The number of fused-ring (bicyclic) bond motifs is 2. The van der Waals surface area contributed by atoms with Crippen molar-refractivity contribution in [2.75, 3.05) is 0 Å². The van der Waals surface area contributed by atoms with E-state index in [1.807, 2.05) is 25.1 Å². The van der Waals surface area contributed by atoms with Crippen LogP contribution in [0.2, 0.25) is 0 Å². The number of hydrogen-bond acceptors (Lipinski definition) is 4. The molecule has 2 fully saturated rings. The van der Waals surface area contributed by atoms with Gasteiger partial charge in [0.15, 0.2) is 0 Å². The van der Waals surface area contributed by atoms with Crippen LogP contribution in [0.25, 0.3) is 11.0 Å². The Morgan fingerprint density at radius 2 is 2.08 bits per heavy atom. The molecule has 5 heteroatoms. The largest absolute Gasteiger partial charge is 0.423 e. The van der Waals surface area contributed by atoms with Gasteiger partial charge >= 0.3 is 5.63 Å². The first kappa shape index (κ1) is 16.3. The Morgan fingerprint density at radius 1 is 1.28 bits per heavy atom. The van der Waals surface area contributed by atoms with Crippen molar-refractivity contribution in [3.8, 4) is 0 Å². The molecule has 1 saturated carbocycles. The minimum atomic E-state index is -0.344. The van der Waals surface area contributed by atoms with Crippen LogP contribution in [-0.2, 0) is 11.3 Å². The van der Waals surface area contributed by atoms with E-state index in [4.69, 9.17) is 10.2 Å². The number of hydrogen-bond donors (Lipinski definition) is 1. The third kappa shape index (κ3) is 2.97. The first-order valence-electron chi connectivity index (χ1n) is 9.11. The number of benzene rings is 1. The van der Waals surface area contributed by atoms with E-state index in [-0.39, 0.29) is 17.6 Å². The summed E-state index contributed by atoms with van der Waals surface area (Å²) in [4.78, 5) is 26.3. The van der Waals surface area contributed by atoms with E-state index in [2.05, 4.69) is 4.90 Å². The normalized spacial score (nSPS) is 26.7. The molecule has 0 radical (unpaired) electrons. The summed E-state index contributed by atoms with van der Waals surface area (Å²) >= 11 is 0. The standard InChI is InChI=1S/C20H24N2O3/c1-12-6-7-15-14(10-19(23)25-18(15)8-12)11-22-16-5-3-2-4-13(16)9-17(22)20(21)24/h6-8,10,13,16-17H,2-5,9,11H2,1H3,(H2,21,24)/t13-,16-,17+/m1/s1. The van der Waals surface area contributed by atoms with Crippen molar-refractivity contribution in [1.29, 1.82) is 0 Å². The molecule has 5 nitrogen and oxygen atoms in total. The summed E-state index contributed by atoms with van der Waals surface area (Å²) < 4.78 is 5.36. The number of carbonyl (C=O) groups is 1. The van der Waals surface area contributed by atoms with E-state index in [9.17, 15) is 9.59 Å². The highest BCUT2D eigenvalue weighted by Gasteiger charge is 2.44. The van der Waals surface area contributed by atoms with Crippen LogP contribution in [0, 0.1) is 12.8 Å². The second-order valence-corrected chi connectivity index (χ2v) is 7.53. The summed E-state index contributed by atoms with van der Waals surface area (Å²) in [5.74, 6) is 0.289. The number of primary amides is 1. The maximum Gasteiger partial charge on any atom is 0.336 e. The van der Waals surface area contributed by atoms with E-state index in [1.165, 1.54) is 19.3 Å². The van der Waals surface area contributed by atoms with E-state index in [1.54, 1.807) is 6.07 Å². The lowest BCUT2D eigenvalue weighted by Gasteiger charge is -2.33. The van der Waals surface area contributed by atoms with Gasteiger partial charge < -0.3 is 10.2 Å². The molecule has 0 bridgehead atoms. The third-order valence-electron chi connectivity index (χ3n) is 5.89. The van der Waals surface area contributed by atoms with Crippen molar-refractivity contribution in [2.24, 2.45) is 11.7 Å². The predicted octanol–water partition coefficient (Wildman–Crippen LogP) is 2.72. The Bertz CT molecular complexity index is 873. The van der Waals surface area contributed by atoms with Crippen LogP contribution in [0.4, 0.5) is 0 Å². The second kappa shape index (κ2) is 6.30. The zero-order valence-electron chi connectivity index (χ0n) is 14.5. The van der Waals surface area contributed by atoms with Gasteiger partial charge in [-0.25, -0.2) is 4.79 Å². The highest BCUT2D eigenvalue weighted by atomic mass is 16.4. The van der Waals surface area contributed by atoms with Crippen molar-refractivity contribution in [2.45, 2.75) is 57.7 Å². The van der Waals surface area contributed by atoms with Gasteiger partial charge in [0, 0.05) is 24.0 Å². The number of aryl methyl sites for hydroxylation is 1. The molecule has 2 aliphatic rings. The minimum absolute atomic E-state index is 0.235. The lowest BCUT2D eigenvalue weighted by atomic mass is 9.84. The molecular weight excluding hydrogens is 316 g/mol. The minimum Gasteiger partial charge on any atom is -0.423 e. The Morgan fingerprint density at radius 3 is 2.88 bits per heavy atom. The summed E-state index contributed by atoms with van der Waals surface area (Å²) in [7, 11) is 0. The number of amides is 1. The van der Waals surface area contributed by atoms with Crippen LogP contribution < -0.4 is 11.4 Å². The molecule has 0 spiro atoms. The van der Waals surface area contributed by atoms with Gasteiger partial charge in [-0.1, -0.05) is 25.0 Å². The molecule has 1 saturated heterocycles. The van der Waals surface area contributed by atoms with Gasteiger partial charge in [-0.2, -0.15) is 0 Å². The maximum atomic E-state index is 12.0. The molecule has 1 aliphatic heterocycles. The van der Waals surface area contributed by atoms with Crippen molar-refractivity contribution in [3.63, 3.8) is 0 Å². The third-order valence-corrected chi connectivity index (χ3v) is 5.89. The fourth-order valence-electron chi connectivity index (χ4n) is 4.72. The molecule has 0 unspecified atom stereocenters. The molecular formula is C20H24N2O3. The summed E-state index contributed by atoms with van der Waals surface area (Å²) in [5.41, 5.74) is 7.93. The van der Waals surface area contributed by atoms with Crippen LogP contribution in [-0.4, -0.2) is 22.9 Å². The van der Waals surface area contributed by atoms with Gasteiger partial charge in [0.2, 0.25) is 5.91 Å². The first-order chi connectivity index (χ1) is 12.0. The molecule has 4 rings (SSSR count). The molecule has 1 aromatic carbocycles. The van der Waals surface area contributed by atoms with Crippen molar-refractivity contribution >= 4 is 16.9 Å². The molecule has 132 valence electrons. The number of nitrogens with two attached hydrogens (primary N) is 1. The molecule has 3 atom stereocenters. The summed E-state index contributed by atoms with van der Waals surface area (Å²) in [5, 5.41) is 0.938. The van der Waals surface area contributed by atoms with Crippen LogP contribution in [0.15, 0.2) is 33.5 Å². The molecule has 1 aliphatic carbocycles. The predicted molar refractivity (Wildman–Crippen MR) is 96.1 cm³/mol. The summed E-state index contributed by atoms with van der Waals surface area (Å²) in [6.45, 7) is 2.54. The lowest BCUT2D eigenvalue weighted by Crippen LogP contribution is -2.44. The fraction of sp³-hybridized carbons (Fsp3) is 0.500. The Hall–Kier alpha value is -2.14. The highest BCUT2D eigenvalue weighted by Crippen LogP contribution is 2.40. The average Bonchev–Trinajstić information content (AvgIpc) is 2.93. The maximum absolute atomic E-state index is 12.0. The quantitative estimate of drug-likeness (QED) is 0.872.